The summed E-state index contributed by atoms with van der Waals surface area (Å²) in [4.78, 5) is 54.4. The van der Waals surface area contributed by atoms with E-state index in [1.165, 1.54) is 29.2 Å². The maximum atomic E-state index is 13.4. The van der Waals surface area contributed by atoms with E-state index in [9.17, 15) is 29.6 Å². The molecule has 2 amide bonds. The van der Waals surface area contributed by atoms with Crippen molar-refractivity contribution in [3.05, 3.63) is 98.1 Å². The molecule has 0 bridgehead atoms. The number of hydrogen-bond donors (Lipinski definition) is 4. The van der Waals surface area contributed by atoms with Crippen molar-refractivity contribution in [3.8, 4) is 0 Å². The molecule has 1 unspecified atom stereocenters. The molecule has 2 heterocycles. The summed E-state index contributed by atoms with van der Waals surface area (Å²) >= 11 is 5.93. The lowest BCUT2D eigenvalue weighted by Crippen LogP contribution is -2.31. The van der Waals surface area contributed by atoms with E-state index in [-0.39, 0.29) is 41.1 Å². The summed E-state index contributed by atoms with van der Waals surface area (Å²) in [5.74, 6) is -1.38. The number of guanidine groups is 1. The van der Waals surface area contributed by atoms with Crippen molar-refractivity contribution in [1.82, 2.24) is 10.2 Å². The topological polar surface area (TPSA) is 166 Å². The summed E-state index contributed by atoms with van der Waals surface area (Å²) in [5, 5.41) is 29.8. The van der Waals surface area contributed by atoms with Crippen LogP contribution in [0.1, 0.15) is 44.3 Å². The molecule has 14 heteroatoms. The Morgan fingerprint density at radius 2 is 1.95 bits per heavy atom. The summed E-state index contributed by atoms with van der Waals surface area (Å²) < 4.78 is 0. The minimum absolute atomic E-state index is 0. The third-order valence-electron chi connectivity index (χ3n) is 6.56. The first kappa shape index (κ1) is 29.3. The fourth-order valence-corrected chi connectivity index (χ4v) is 4.85. The Morgan fingerprint density at radius 3 is 2.66 bits per heavy atom. The van der Waals surface area contributed by atoms with Crippen LogP contribution in [0.25, 0.3) is 0 Å². The molecule has 212 valence electrons. The first-order valence-corrected chi connectivity index (χ1v) is 12.6. The average molecular weight is 599 g/mol. The number of carbonyl (C=O) groups excluding carboxylic acids is 2. The highest BCUT2D eigenvalue weighted by molar-refractivity contribution is 6.32. The van der Waals surface area contributed by atoms with Gasteiger partial charge in [-0.15, -0.1) is 12.4 Å². The Kier molecular flexibility index (Phi) is 8.74. The normalized spacial score (nSPS) is 14.3. The molecule has 2 aliphatic heterocycles. The van der Waals surface area contributed by atoms with E-state index in [1.807, 2.05) is 6.07 Å². The second-order valence-electron chi connectivity index (χ2n) is 9.20. The fourth-order valence-electron chi connectivity index (χ4n) is 4.66. The van der Waals surface area contributed by atoms with Gasteiger partial charge in [-0.25, -0.2) is 0 Å². The number of nitrogens with one attached hydrogen (secondary N) is 3. The number of nitro groups is 1. The Balaban J connectivity index is 0.00000387. The zero-order valence-corrected chi connectivity index (χ0v) is 22.9. The van der Waals surface area contributed by atoms with Gasteiger partial charge in [0.2, 0.25) is 0 Å². The van der Waals surface area contributed by atoms with Crippen molar-refractivity contribution in [3.63, 3.8) is 0 Å². The maximum absolute atomic E-state index is 13.4. The van der Waals surface area contributed by atoms with Crippen molar-refractivity contribution in [2.75, 3.05) is 23.7 Å². The first-order valence-electron chi connectivity index (χ1n) is 12.3. The predicted octanol–water partition coefficient (Wildman–Crippen LogP) is 4.47. The summed E-state index contributed by atoms with van der Waals surface area (Å²) in [7, 11) is 0. The minimum atomic E-state index is -1.17. The molecule has 4 N–H and O–H groups in total. The predicted molar refractivity (Wildman–Crippen MR) is 155 cm³/mol. The largest absolute Gasteiger partial charge is 0.481 e. The zero-order chi connectivity index (χ0) is 28.4. The minimum Gasteiger partial charge on any atom is -0.481 e. The monoisotopic (exact) mass is 598 g/mol. The molecule has 0 saturated heterocycles. The standard InChI is InChI=1S/C27H23ClN6O6.ClH/c28-21-7-5-15(11-23(21)34(39)40)22(13-24(35)36)33-14-17-4-6-19(12-20(17)26(33)38)31-25(37)16-2-1-3-18(10-16)32-27-29-8-9-30-27;/h1-7,10-12,22H,8-9,13-14H2,(H,31,37)(H,35,36)(H2,29,30,32);1H. The number of fused-ring (bicyclic) bond motifs is 1. The first-order chi connectivity index (χ1) is 19.2. The molecular weight excluding hydrogens is 575 g/mol. The van der Waals surface area contributed by atoms with Crippen LogP contribution >= 0.6 is 24.0 Å². The molecule has 3 aromatic carbocycles. The third kappa shape index (κ3) is 6.39. The lowest BCUT2D eigenvalue weighted by atomic mass is 10.0. The number of benzene rings is 3. The highest BCUT2D eigenvalue weighted by atomic mass is 35.5. The lowest BCUT2D eigenvalue weighted by Gasteiger charge is -2.27. The van der Waals surface area contributed by atoms with Crippen molar-refractivity contribution >= 4 is 64.8 Å². The highest BCUT2D eigenvalue weighted by Gasteiger charge is 2.35. The average Bonchev–Trinajstić information content (AvgIpc) is 3.55. The van der Waals surface area contributed by atoms with Crippen LogP contribution in [-0.2, 0) is 11.3 Å². The molecule has 0 spiro atoms. The van der Waals surface area contributed by atoms with Crippen molar-refractivity contribution in [2.45, 2.75) is 19.0 Å². The molecule has 0 aromatic heterocycles. The zero-order valence-electron chi connectivity index (χ0n) is 21.3. The molecule has 0 fully saturated rings. The number of amides is 2. The van der Waals surface area contributed by atoms with E-state index in [1.54, 1.807) is 30.3 Å². The lowest BCUT2D eigenvalue weighted by molar-refractivity contribution is -0.384. The quantitative estimate of drug-likeness (QED) is 0.218. The number of aliphatic imine (C=N–C) groups is 1. The van der Waals surface area contributed by atoms with Gasteiger partial charge < -0.3 is 26.0 Å². The van der Waals surface area contributed by atoms with Gasteiger partial charge in [-0.05, 0) is 47.5 Å². The van der Waals surface area contributed by atoms with E-state index in [2.05, 4.69) is 20.9 Å². The van der Waals surface area contributed by atoms with Gasteiger partial charge in [-0.3, -0.25) is 29.5 Å². The summed E-state index contributed by atoms with van der Waals surface area (Å²) in [5.41, 5.74) is 2.30. The molecule has 3 aromatic rings. The second-order valence-corrected chi connectivity index (χ2v) is 9.61. The van der Waals surface area contributed by atoms with Crippen molar-refractivity contribution in [1.29, 1.82) is 0 Å². The van der Waals surface area contributed by atoms with Gasteiger partial charge in [0, 0.05) is 41.7 Å². The van der Waals surface area contributed by atoms with Crippen LogP contribution < -0.4 is 16.0 Å². The summed E-state index contributed by atoms with van der Waals surface area (Å²) in [6, 6.07) is 14.8. The van der Waals surface area contributed by atoms with Gasteiger partial charge in [0.25, 0.3) is 17.5 Å². The van der Waals surface area contributed by atoms with Crippen LogP contribution in [0.4, 0.5) is 17.1 Å². The van der Waals surface area contributed by atoms with Crippen LogP contribution in [0.2, 0.25) is 5.02 Å². The van der Waals surface area contributed by atoms with Gasteiger partial charge in [-0.2, -0.15) is 0 Å². The van der Waals surface area contributed by atoms with Gasteiger partial charge >= 0.3 is 5.97 Å². The number of carboxylic acids is 1. The van der Waals surface area contributed by atoms with Gasteiger partial charge in [0.05, 0.1) is 23.9 Å². The Morgan fingerprint density at radius 1 is 1.15 bits per heavy atom. The smallest absolute Gasteiger partial charge is 0.305 e. The number of anilines is 2. The van der Waals surface area contributed by atoms with Crippen LogP contribution in [0.5, 0.6) is 0 Å². The fraction of sp³-hybridized carbons (Fsp3) is 0.185. The number of hydrogen-bond acceptors (Lipinski definition) is 8. The molecular formula is C27H24Cl2N6O6. The number of rotatable bonds is 8. The number of halogens is 2. The SMILES string of the molecule is Cl.O=C(O)CC(c1ccc(Cl)c([N+](=O)[O-])c1)N1Cc2ccc(NC(=O)c3cccc(NC4=NCCN4)c3)cc2C1=O. The van der Waals surface area contributed by atoms with E-state index in [0.717, 1.165) is 6.54 Å². The van der Waals surface area contributed by atoms with Gasteiger partial charge in [0.15, 0.2) is 5.96 Å². The number of carboxylic acid groups (broad SMARTS) is 1. The van der Waals surface area contributed by atoms with Crippen LogP contribution in [0, 0.1) is 10.1 Å². The van der Waals surface area contributed by atoms with E-state index < -0.39 is 29.3 Å². The van der Waals surface area contributed by atoms with E-state index in [4.69, 9.17) is 11.6 Å². The molecule has 2 aliphatic rings. The van der Waals surface area contributed by atoms with Gasteiger partial charge in [0.1, 0.15) is 5.02 Å². The number of nitro benzene ring substituents is 1. The van der Waals surface area contributed by atoms with E-state index in [0.29, 0.717) is 40.6 Å². The Hall–Kier alpha value is -4.68. The Labute approximate surface area is 245 Å². The number of carbonyl (C=O) groups is 3. The maximum Gasteiger partial charge on any atom is 0.305 e. The molecule has 41 heavy (non-hydrogen) atoms. The Bertz CT molecular complexity index is 1580. The van der Waals surface area contributed by atoms with Gasteiger partial charge in [-0.1, -0.05) is 29.8 Å². The third-order valence-corrected chi connectivity index (χ3v) is 6.88. The van der Waals surface area contributed by atoms with Crippen molar-refractivity contribution in [2.24, 2.45) is 4.99 Å². The molecule has 0 saturated carbocycles. The van der Waals surface area contributed by atoms with Crippen molar-refractivity contribution < 1.29 is 24.4 Å². The summed E-state index contributed by atoms with van der Waals surface area (Å²) in [6.45, 7) is 1.52. The number of nitrogens with zero attached hydrogens (tertiary/aromatic N) is 3. The molecule has 0 radical (unpaired) electrons. The highest BCUT2D eigenvalue weighted by Crippen LogP contribution is 2.37. The second kappa shape index (κ2) is 12.2. The summed E-state index contributed by atoms with van der Waals surface area (Å²) in [6.07, 6.45) is -0.464. The molecule has 1 atom stereocenters. The van der Waals surface area contributed by atoms with E-state index >= 15 is 0 Å². The van der Waals surface area contributed by atoms with Crippen LogP contribution in [-0.4, -0.2) is 51.8 Å². The van der Waals surface area contributed by atoms with Crippen LogP contribution in [0.3, 0.4) is 0 Å². The molecule has 5 rings (SSSR count). The number of aliphatic carboxylic acids is 1. The molecule has 0 aliphatic carbocycles. The molecule has 12 nitrogen and oxygen atoms in total. The van der Waals surface area contributed by atoms with Crippen LogP contribution in [0.15, 0.2) is 65.7 Å².